The molecule has 2 atom stereocenters. The summed E-state index contributed by atoms with van der Waals surface area (Å²) in [6.07, 6.45) is 1.56. The fourth-order valence-electron chi connectivity index (χ4n) is 0.571. The van der Waals surface area contributed by atoms with E-state index in [2.05, 4.69) is 11.8 Å². The highest BCUT2D eigenvalue weighted by Gasteiger charge is 2.42. The topological polar surface area (TPSA) is 0 Å². The Labute approximate surface area is 37.5 Å². The van der Waals surface area contributed by atoms with Crippen LogP contribution < -0.4 is 0 Å². The van der Waals surface area contributed by atoms with Crippen LogP contribution >= 0.6 is 20.3 Å². The second-order valence-corrected chi connectivity index (χ2v) is 5.49. The van der Waals surface area contributed by atoms with E-state index in [1.165, 1.54) is 8.58 Å². The van der Waals surface area contributed by atoms with Gasteiger partial charge in [-0.1, -0.05) is 8.58 Å². The van der Waals surface area contributed by atoms with Gasteiger partial charge >= 0.3 is 0 Å². The third kappa shape index (κ3) is 0.226. The molecular formula is C3H5PS. The molecule has 0 aliphatic carbocycles. The SMILES string of the molecule is C1C2PC1S2. The van der Waals surface area contributed by atoms with Gasteiger partial charge in [0.2, 0.25) is 0 Å². The summed E-state index contributed by atoms with van der Waals surface area (Å²) in [5.74, 6) is 0. The van der Waals surface area contributed by atoms with E-state index in [0.29, 0.717) is 0 Å². The van der Waals surface area contributed by atoms with Crippen molar-refractivity contribution in [2.24, 2.45) is 0 Å². The van der Waals surface area contributed by atoms with Crippen molar-refractivity contribution >= 4 is 20.3 Å². The van der Waals surface area contributed by atoms with Crippen LogP contribution in [0.1, 0.15) is 6.42 Å². The van der Waals surface area contributed by atoms with E-state index in [4.69, 9.17) is 0 Å². The summed E-state index contributed by atoms with van der Waals surface area (Å²) in [5, 5.41) is 0. The van der Waals surface area contributed by atoms with E-state index in [1.807, 2.05) is 0 Å². The summed E-state index contributed by atoms with van der Waals surface area (Å²) in [7, 11) is 1.35. The summed E-state index contributed by atoms with van der Waals surface area (Å²) in [4.78, 5) is 2.31. The minimum Gasteiger partial charge on any atom is -0.146 e. The Balaban J connectivity index is 2.19. The van der Waals surface area contributed by atoms with Crippen LogP contribution in [0.4, 0.5) is 0 Å². The predicted octanol–water partition coefficient (Wildman–Crippen LogP) is 1.47. The van der Waals surface area contributed by atoms with Crippen LogP contribution in [0.25, 0.3) is 0 Å². The van der Waals surface area contributed by atoms with E-state index in [1.54, 1.807) is 6.42 Å². The lowest BCUT2D eigenvalue weighted by atomic mass is 10.5. The van der Waals surface area contributed by atoms with Gasteiger partial charge in [-0.15, -0.1) is 11.8 Å². The highest BCUT2D eigenvalue weighted by atomic mass is 32.2. The molecule has 3 aliphatic rings. The average molecular weight is 104 g/mol. The summed E-state index contributed by atoms with van der Waals surface area (Å²) in [5.41, 5.74) is 0. The van der Waals surface area contributed by atoms with Crippen molar-refractivity contribution in [1.82, 2.24) is 0 Å². The lowest BCUT2D eigenvalue weighted by Crippen LogP contribution is -2.32. The molecule has 3 saturated heterocycles. The Bertz CT molecular complexity index is 43.6. The number of thioether (sulfide) groups is 1. The summed E-state index contributed by atoms with van der Waals surface area (Å²) in [6, 6.07) is 0. The van der Waals surface area contributed by atoms with Gasteiger partial charge in [-0.2, -0.15) is 0 Å². The molecule has 0 aromatic rings. The van der Waals surface area contributed by atoms with E-state index < -0.39 is 0 Å². The van der Waals surface area contributed by atoms with Crippen molar-refractivity contribution in [3.63, 3.8) is 0 Å². The highest BCUT2D eigenvalue weighted by molar-refractivity contribution is 8.17. The third-order valence-corrected chi connectivity index (χ3v) is 5.02. The molecule has 2 unspecified atom stereocenters. The van der Waals surface area contributed by atoms with Crippen LogP contribution in [0, 0.1) is 0 Å². The van der Waals surface area contributed by atoms with Crippen LogP contribution in [0.3, 0.4) is 0 Å². The van der Waals surface area contributed by atoms with E-state index in [0.717, 1.165) is 9.98 Å². The summed E-state index contributed by atoms with van der Waals surface area (Å²) < 4.78 is 0. The van der Waals surface area contributed by atoms with Gasteiger partial charge in [0.15, 0.2) is 0 Å². The predicted molar refractivity (Wildman–Crippen MR) is 28.1 cm³/mol. The van der Waals surface area contributed by atoms with Crippen molar-refractivity contribution in [3.05, 3.63) is 0 Å². The lowest BCUT2D eigenvalue weighted by molar-refractivity contribution is 0.875. The lowest BCUT2D eigenvalue weighted by Gasteiger charge is -2.48. The average Bonchev–Trinajstić information content (AvgIpc) is 0.592. The monoisotopic (exact) mass is 104 g/mol. The van der Waals surface area contributed by atoms with Crippen molar-refractivity contribution in [2.45, 2.75) is 16.4 Å². The van der Waals surface area contributed by atoms with Gasteiger partial charge in [-0.25, -0.2) is 0 Å². The van der Waals surface area contributed by atoms with Crippen molar-refractivity contribution in [1.29, 1.82) is 0 Å². The smallest absolute Gasteiger partial charge is 0.0250 e. The second kappa shape index (κ2) is 0.714. The molecule has 2 heteroatoms. The first-order valence-corrected chi connectivity index (χ1v) is 3.96. The summed E-state index contributed by atoms with van der Waals surface area (Å²) in [6.45, 7) is 0. The minimum absolute atomic E-state index is 1.15. The Morgan fingerprint density at radius 3 is 1.80 bits per heavy atom. The van der Waals surface area contributed by atoms with Crippen molar-refractivity contribution in [2.75, 3.05) is 0 Å². The quantitative estimate of drug-likeness (QED) is 0.419. The molecule has 5 heavy (non-hydrogen) atoms. The van der Waals surface area contributed by atoms with Gasteiger partial charge in [0.1, 0.15) is 0 Å². The van der Waals surface area contributed by atoms with Crippen molar-refractivity contribution in [3.8, 4) is 0 Å². The van der Waals surface area contributed by atoms with Crippen LogP contribution in [0.5, 0.6) is 0 Å². The zero-order chi connectivity index (χ0) is 3.28. The molecule has 2 bridgehead atoms. The molecule has 0 amide bonds. The van der Waals surface area contributed by atoms with Gasteiger partial charge in [-0.3, -0.25) is 0 Å². The van der Waals surface area contributed by atoms with Crippen LogP contribution in [-0.4, -0.2) is 9.98 Å². The Morgan fingerprint density at radius 2 is 1.80 bits per heavy atom. The zero-order valence-corrected chi connectivity index (χ0v) is 4.59. The fourth-order valence-corrected chi connectivity index (χ4v) is 3.85. The number of hydrogen-bond donors (Lipinski definition) is 0. The number of hydrogen-bond acceptors (Lipinski definition) is 1. The normalized spacial score (nSPS) is 62.4. The molecule has 3 heterocycles. The fraction of sp³-hybridized carbons (Fsp3) is 1.00. The maximum absolute atomic E-state index is 2.17. The molecular weight excluding hydrogens is 99.1 g/mol. The first-order chi connectivity index (χ1) is 2.45. The van der Waals surface area contributed by atoms with Crippen molar-refractivity contribution < 1.29 is 0 Å². The van der Waals surface area contributed by atoms with Gasteiger partial charge in [0.25, 0.3) is 0 Å². The maximum Gasteiger partial charge on any atom is 0.0250 e. The molecule has 0 aromatic carbocycles. The van der Waals surface area contributed by atoms with Gasteiger partial charge < -0.3 is 0 Å². The molecule has 3 fully saturated rings. The maximum atomic E-state index is 2.17. The Hall–Kier alpha value is 0.780. The van der Waals surface area contributed by atoms with Gasteiger partial charge in [0.05, 0.1) is 0 Å². The van der Waals surface area contributed by atoms with Gasteiger partial charge in [-0.05, 0) is 6.42 Å². The van der Waals surface area contributed by atoms with Crippen LogP contribution in [-0.2, 0) is 0 Å². The largest absolute Gasteiger partial charge is 0.146 e. The minimum atomic E-state index is 1.15. The highest BCUT2D eigenvalue weighted by Crippen LogP contribution is 2.68. The Kier molecular flexibility index (Phi) is 0.410. The number of rotatable bonds is 0. The first-order valence-electron chi connectivity index (χ1n) is 1.87. The van der Waals surface area contributed by atoms with E-state index >= 15 is 0 Å². The molecule has 3 rings (SSSR count). The standard InChI is InChI=1S/C3H5PS/c1-2-4-3(1)5-2/h2-4H,1H2. The Morgan fingerprint density at radius 1 is 1.60 bits per heavy atom. The molecule has 0 aromatic heterocycles. The summed E-state index contributed by atoms with van der Waals surface area (Å²) >= 11 is 2.17. The zero-order valence-electron chi connectivity index (χ0n) is 2.77. The molecule has 0 spiro atoms. The molecule has 0 nitrogen and oxygen atoms in total. The second-order valence-electron chi connectivity index (χ2n) is 1.52. The molecule has 0 N–H and O–H groups in total. The molecule has 28 valence electrons. The molecule has 3 aliphatic heterocycles. The third-order valence-electron chi connectivity index (χ3n) is 1.13. The van der Waals surface area contributed by atoms with Gasteiger partial charge in [0, 0.05) is 9.98 Å². The molecule has 0 saturated carbocycles. The van der Waals surface area contributed by atoms with Crippen LogP contribution in [0.15, 0.2) is 0 Å². The van der Waals surface area contributed by atoms with Crippen LogP contribution in [0.2, 0.25) is 0 Å². The van der Waals surface area contributed by atoms with E-state index in [-0.39, 0.29) is 0 Å². The van der Waals surface area contributed by atoms with E-state index in [9.17, 15) is 0 Å². The first kappa shape index (κ1) is 2.87. The molecule has 0 radical (unpaired) electrons.